The van der Waals surface area contributed by atoms with E-state index in [2.05, 4.69) is 17.6 Å². The standard InChI is InChI=1S/C15H30N2O2/c1-12(2)19-9-5-8-17-15(18)10-13(3)14-6-4-7-16-11-14/h12-14,16H,4-11H2,1-3H3,(H,17,18). The van der Waals surface area contributed by atoms with E-state index in [1.807, 2.05) is 13.8 Å². The third-order valence-corrected chi connectivity index (χ3v) is 3.74. The first-order valence-electron chi connectivity index (χ1n) is 7.68. The van der Waals surface area contributed by atoms with E-state index in [-0.39, 0.29) is 12.0 Å². The van der Waals surface area contributed by atoms with E-state index in [0.29, 0.717) is 18.3 Å². The van der Waals surface area contributed by atoms with Crippen molar-refractivity contribution < 1.29 is 9.53 Å². The second kappa shape index (κ2) is 9.32. The Morgan fingerprint density at radius 1 is 1.42 bits per heavy atom. The fraction of sp³-hybridized carbons (Fsp3) is 0.933. The van der Waals surface area contributed by atoms with Crippen LogP contribution in [0.2, 0.25) is 0 Å². The van der Waals surface area contributed by atoms with Crippen LogP contribution in [0.1, 0.15) is 46.5 Å². The molecule has 0 saturated carbocycles. The maximum absolute atomic E-state index is 11.8. The maximum atomic E-state index is 11.8. The van der Waals surface area contributed by atoms with Gasteiger partial charge in [-0.1, -0.05) is 6.92 Å². The minimum Gasteiger partial charge on any atom is -0.379 e. The summed E-state index contributed by atoms with van der Waals surface area (Å²) in [7, 11) is 0. The zero-order valence-electron chi connectivity index (χ0n) is 12.7. The Morgan fingerprint density at radius 3 is 2.84 bits per heavy atom. The molecule has 0 radical (unpaired) electrons. The Kier molecular flexibility index (Phi) is 8.07. The highest BCUT2D eigenvalue weighted by Crippen LogP contribution is 2.22. The molecule has 1 rings (SSSR count). The molecule has 19 heavy (non-hydrogen) atoms. The second-order valence-electron chi connectivity index (χ2n) is 5.91. The van der Waals surface area contributed by atoms with Crippen LogP contribution >= 0.6 is 0 Å². The van der Waals surface area contributed by atoms with Crippen LogP contribution in [0, 0.1) is 11.8 Å². The van der Waals surface area contributed by atoms with Gasteiger partial charge in [0.05, 0.1) is 6.10 Å². The summed E-state index contributed by atoms with van der Waals surface area (Å²) < 4.78 is 5.44. The Bertz CT molecular complexity index is 251. The lowest BCUT2D eigenvalue weighted by Crippen LogP contribution is -2.35. The molecule has 1 amide bonds. The summed E-state index contributed by atoms with van der Waals surface area (Å²) in [6.07, 6.45) is 4.31. The molecular formula is C15H30N2O2. The molecule has 0 aromatic carbocycles. The van der Waals surface area contributed by atoms with E-state index in [9.17, 15) is 4.79 Å². The van der Waals surface area contributed by atoms with Gasteiger partial charge in [0, 0.05) is 19.6 Å². The van der Waals surface area contributed by atoms with Crippen LogP contribution < -0.4 is 10.6 Å². The summed E-state index contributed by atoms with van der Waals surface area (Å²) in [5, 5.41) is 6.40. The van der Waals surface area contributed by atoms with Crippen LogP contribution in [-0.4, -0.2) is 38.3 Å². The van der Waals surface area contributed by atoms with E-state index >= 15 is 0 Å². The normalized spacial score (nSPS) is 21.4. The van der Waals surface area contributed by atoms with Crippen LogP contribution in [0.4, 0.5) is 0 Å². The van der Waals surface area contributed by atoms with E-state index in [4.69, 9.17) is 4.74 Å². The summed E-state index contributed by atoms with van der Waals surface area (Å²) in [6.45, 7) is 9.89. The van der Waals surface area contributed by atoms with Gasteiger partial charge in [-0.15, -0.1) is 0 Å². The molecule has 2 unspecified atom stereocenters. The highest BCUT2D eigenvalue weighted by molar-refractivity contribution is 5.76. The van der Waals surface area contributed by atoms with Gasteiger partial charge in [-0.05, 0) is 58.0 Å². The lowest BCUT2D eigenvalue weighted by molar-refractivity contribution is -0.122. The highest BCUT2D eigenvalue weighted by atomic mass is 16.5. The Labute approximate surface area is 117 Å². The molecule has 112 valence electrons. The summed E-state index contributed by atoms with van der Waals surface area (Å²) >= 11 is 0. The molecule has 4 nitrogen and oxygen atoms in total. The zero-order valence-corrected chi connectivity index (χ0v) is 12.7. The number of nitrogens with one attached hydrogen (secondary N) is 2. The van der Waals surface area contributed by atoms with E-state index in [0.717, 1.165) is 32.7 Å². The molecule has 0 bridgehead atoms. The van der Waals surface area contributed by atoms with Gasteiger partial charge >= 0.3 is 0 Å². The fourth-order valence-corrected chi connectivity index (χ4v) is 2.51. The SMILES string of the molecule is CC(C)OCCCNC(=O)CC(C)C1CCCNC1. The molecule has 1 heterocycles. The average molecular weight is 270 g/mol. The molecule has 2 atom stereocenters. The minimum atomic E-state index is 0.183. The van der Waals surface area contributed by atoms with Crippen molar-refractivity contribution in [3.8, 4) is 0 Å². The largest absolute Gasteiger partial charge is 0.379 e. The third-order valence-electron chi connectivity index (χ3n) is 3.74. The molecule has 1 aliphatic heterocycles. The number of ether oxygens (including phenoxy) is 1. The van der Waals surface area contributed by atoms with Crippen molar-refractivity contribution in [1.29, 1.82) is 0 Å². The number of hydrogen-bond acceptors (Lipinski definition) is 3. The predicted molar refractivity (Wildman–Crippen MR) is 78.1 cm³/mol. The van der Waals surface area contributed by atoms with Crippen molar-refractivity contribution in [3.63, 3.8) is 0 Å². The van der Waals surface area contributed by atoms with Gasteiger partial charge in [0.2, 0.25) is 5.91 Å². The number of piperidine rings is 1. The van der Waals surface area contributed by atoms with Crippen molar-refractivity contribution in [1.82, 2.24) is 10.6 Å². The van der Waals surface area contributed by atoms with Gasteiger partial charge in [0.1, 0.15) is 0 Å². The number of amides is 1. The zero-order chi connectivity index (χ0) is 14.1. The van der Waals surface area contributed by atoms with Gasteiger partial charge < -0.3 is 15.4 Å². The van der Waals surface area contributed by atoms with Crippen LogP contribution in [-0.2, 0) is 9.53 Å². The monoisotopic (exact) mass is 270 g/mol. The lowest BCUT2D eigenvalue weighted by atomic mass is 9.85. The van der Waals surface area contributed by atoms with Gasteiger partial charge in [0.15, 0.2) is 0 Å². The number of hydrogen-bond donors (Lipinski definition) is 2. The summed E-state index contributed by atoms with van der Waals surface area (Å²) in [5.74, 6) is 1.31. The predicted octanol–water partition coefficient (Wildman–Crippen LogP) is 1.94. The van der Waals surface area contributed by atoms with Crippen LogP contribution in [0.5, 0.6) is 0 Å². The lowest BCUT2D eigenvalue weighted by Gasteiger charge is -2.28. The third kappa shape index (κ3) is 7.53. The first kappa shape index (κ1) is 16.4. The van der Waals surface area contributed by atoms with Gasteiger partial charge in [-0.3, -0.25) is 4.79 Å². The van der Waals surface area contributed by atoms with Crippen molar-refractivity contribution in [2.75, 3.05) is 26.2 Å². The molecule has 1 aliphatic rings. The molecule has 0 spiro atoms. The Balaban J connectivity index is 2.06. The number of rotatable bonds is 8. The molecule has 0 aromatic rings. The molecule has 4 heteroatoms. The van der Waals surface area contributed by atoms with Crippen molar-refractivity contribution in [3.05, 3.63) is 0 Å². The van der Waals surface area contributed by atoms with Gasteiger partial charge in [-0.25, -0.2) is 0 Å². The van der Waals surface area contributed by atoms with Crippen LogP contribution in [0.3, 0.4) is 0 Å². The topological polar surface area (TPSA) is 50.4 Å². The average Bonchev–Trinajstić information content (AvgIpc) is 2.39. The molecule has 0 aliphatic carbocycles. The Hall–Kier alpha value is -0.610. The van der Waals surface area contributed by atoms with E-state index in [1.54, 1.807) is 0 Å². The van der Waals surface area contributed by atoms with Crippen LogP contribution in [0.25, 0.3) is 0 Å². The molecule has 1 saturated heterocycles. The summed E-state index contributed by atoms with van der Waals surface area (Å²) in [5.41, 5.74) is 0. The van der Waals surface area contributed by atoms with E-state index in [1.165, 1.54) is 12.8 Å². The molecule has 2 N–H and O–H groups in total. The van der Waals surface area contributed by atoms with Crippen LogP contribution in [0.15, 0.2) is 0 Å². The second-order valence-corrected chi connectivity index (χ2v) is 5.91. The fourth-order valence-electron chi connectivity index (χ4n) is 2.51. The maximum Gasteiger partial charge on any atom is 0.220 e. The molecular weight excluding hydrogens is 240 g/mol. The van der Waals surface area contributed by atoms with Crippen molar-refractivity contribution >= 4 is 5.91 Å². The quantitative estimate of drug-likeness (QED) is 0.663. The van der Waals surface area contributed by atoms with E-state index < -0.39 is 0 Å². The van der Waals surface area contributed by atoms with Crippen molar-refractivity contribution in [2.24, 2.45) is 11.8 Å². The first-order valence-corrected chi connectivity index (χ1v) is 7.68. The number of carbonyl (C=O) groups is 1. The summed E-state index contributed by atoms with van der Waals surface area (Å²) in [6, 6.07) is 0. The first-order chi connectivity index (χ1) is 9.09. The smallest absolute Gasteiger partial charge is 0.220 e. The summed E-state index contributed by atoms with van der Waals surface area (Å²) in [4.78, 5) is 11.8. The van der Waals surface area contributed by atoms with Gasteiger partial charge in [0.25, 0.3) is 0 Å². The van der Waals surface area contributed by atoms with Gasteiger partial charge in [-0.2, -0.15) is 0 Å². The van der Waals surface area contributed by atoms with Crippen molar-refractivity contribution in [2.45, 2.75) is 52.6 Å². The molecule has 1 fully saturated rings. The minimum absolute atomic E-state index is 0.183. The Morgan fingerprint density at radius 2 is 2.21 bits per heavy atom. The number of carbonyl (C=O) groups excluding carboxylic acids is 1. The molecule has 0 aromatic heterocycles. The highest BCUT2D eigenvalue weighted by Gasteiger charge is 2.21.